The lowest BCUT2D eigenvalue weighted by molar-refractivity contribution is 0.624. The first-order valence-electron chi connectivity index (χ1n) is 2.96. The van der Waals surface area contributed by atoms with Crippen molar-refractivity contribution in [2.24, 2.45) is 0 Å². The third-order valence-electron chi connectivity index (χ3n) is 1.31. The first-order chi connectivity index (χ1) is 4.86. The fourth-order valence-corrected chi connectivity index (χ4v) is 0.893. The second-order valence-electron chi connectivity index (χ2n) is 2.05. The van der Waals surface area contributed by atoms with Crippen LogP contribution in [-0.2, 0) is 0 Å². The van der Waals surface area contributed by atoms with Crippen molar-refractivity contribution in [3.63, 3.8) is 0 Å². The van der Waals surface area contributed by atoms with E-state index in [4.69, 9.17) is 10.2 Å². The molecular formula is C7H6N2O. The second-order valence-corrected chi connectivity index (χ2v) is 2.05. The Labute approximate surface area is 57.5 Å². The van der Waals surface area contributed by atoms with Gasteiger partial charge in [0.05, 0.1) is 0 Å². The van der Waals surface area contributed by atoms with Crippen molar-refractivity contribution in [1.82, 2.24) is 4.98 Å². The maximum absolute atomic E-state index is 5.38. The lowest BCUT2D eigenvalue weighted by Crippen LogP contribution is -1.75. The van der Waals surface area contributed by atoms with Gasteiger partial charge in [0, 0.05) is 17.6 Å². The van der Waals surface area contributed by atoms with Crippen LogP contribution in [0.4, 0.5) is 5.88 Å². The summed E-state index contributed by atoms with van der Waals surface area (Å²) in [5.74, 6) is 0.411. The quantitative estimate of drug-likeness (QED) is 0.592. The predicted molar refractivity (Wildman–Crippen MR) is 38.4 cm³/mol. The number of fused-ring (bicyclic) bond motifs is 1. The van der Waals surface area contributed by atoms with E-state index in [9.17, 15) is 0 Å². The third kappa shape index (κ3) is 0.639. The van der Waals surface area contributed by atoms with Crippen LogP contribution in [0, 0.1) is 0 Å². The number of nitrogens with two attached hydrogens (primary N) is 1. The topological polar surface area (TPSA) is 52.0 Å². The lowest BCUT2D eigenvalue weighted by Gasteiger charge is -1.80. The molecule has 3 heteroatoms. The Morgan fingerprint density at radius 2 is 2.40 bits per heavy atom. The molecule has 0 aliphatic carbocycles. The number of pyridine rings is 1. The van der Waals surface area contributed by atoms with Crippen LogP contribution in [0.25, 0.3) is 11.1 Å². The standard InChI is InChI=1S/C7H6N2O/c8-6-4-5-2-1-3-9-7(5)10-6/h1-4H,8H2. The molecule has 0 saturated carbocycles. The molecule has 3 nitrogen and oxygen atoms in total. The van der Waals surface area contributed by atoms with E-state index < -0.39 is 0 Å². The summed E-state index contributed by atoms with van der Waals surface area (Å²) in [6, 6.07) is 5.50. The molecule has 50 valence electrons. The summed E-state index contributed by atoms with van der Waals surface area (Å²) in [6.45, 7) is 0. The molecule has 0 aliphatic heterocycles. The lowest BCUT2D eigenvalue weighted by atomic mass is 10.3. The molecule has 0 atom stereocenters. The number of nitrogens with zero attached hydrogens (tertiary/aromatic N) is 1. The van der Waals surface area contributed by atoms with E-state index in [1.54, 1.807) is 12.3 Å². The molecule has 0 fully saturated rings. The molecule has 0 spiro atoms. The van der Waals surface area contributed by atoms with Crippen LogP contribution in [0.2, 0.25) is 0 Å². The average Bonchev–Trinajstić information content (AvgIpc) is 2.27. The smallest absolute Gasteiger partial charge is 0.228 e. The minimum absolute atomic E-state index is 0.411. The van der Waals surface area contributed by atoms with E-state index in [1.807, 2.05) is 12.1 Å². The Hall–Kier alpha value is -1.51. The van der Waals surface area contributed by atoms with Crippen LogP contribution < -0.4 is 5.73 Å². The highest BCUT2D eigenvalue weighted by atomic mass is 16.4. The number of aromatic nitrogens is 1. The molecule has 2 rings (SSSR count). The van der Waals surface area contributed by atoms with Gasteiger partial charge in [0.25, 0.3) is 0 Å². The molecule has 0 aliphatic rings. The molecule has 0 amide bonds. The maximum Gasteiger partial charge on any atom is 0.228 e. The summed E-state index contributed by atoms with van der Waals surface area (Å²) in [4.78, 5) is 3.96. The Morgan fingerprint density at radius 1 is 1.50 bits per heavy atom. The van der Waals surface area contributed by atoms with Crippen LogP contribution in [0.3, 0.4) is 0 Å². The van der Waals surface area contributed by atoms with Gasteiger partial charge in [-0.3, -0.25) is 0 Å². The highest BCUT2D eigenvalue weighted by Gasteiger charge is 1.97. The first kappa shape index (κ1) is 5.29. The Morgan fingerprint density at radius 3 is 3.20 bits per heavy atom. The highest BCUT2D eigenvalue weighted by Crippen LogP contribution is 2.16. The van der Waals surface area contributed by atoms with Crippen LogP contribution >= 0.6 is 0 Å². The van der Waals surface area contributed by atoms with Gasteiger partial charge in [0.15, 0.2) is 5.88 Å². The monoisotopic (exact) mass is 134 g/mol. The van der Waals surface area contributed by atoms with Crippen molar-refractivity contribution in [2.75, 3.05) is 5.73 Å². The van der Waals surface area contributed by atoms with Gasteiger partial charge < -0.3 is 10.2 Å². The van der Waals surface area contributed by atoms with Crippen LogP contribution in [-0.4, -0.2) is 4.98 Å². The Bertz CT molecular complexity index is 320. The summed E-state index contributed by atoms with van der Waals surface area (Å²) < 4.78 is 5.03. The number of rotatable bonds is 0. The van der Waals surface area contributed by atoms with E-state index in [-0.39, 0.29) is 0 Å². The van der Waals surface area contributed by atoms with Crippen LogP contribution in [0.1, 0.15) is 0 Å². The number of nitrogen functional groups attached to an aromatic ring is 1. The van der Waals surface area contributed by atoms with E-state index in [1.165, 1.54) is 0 Å². The number of hydrogen-bond donors (Lipinski definition) is 1. The average molecular weight is 134 g/mol. The van der Waals surface area contributed by atoms with Crippen LogP contribution in [0.5, 0.6) is 0 Å². The van der Waals surface area contributed by atoms with Crippen molar-refractivity contribution < 1.29 is 4.42 Å². The molecule has 0 aromatic carbocycles. The maximum atomic E-state index is 5.38. The Balaban J connectivity index is 2.88. The predicted octanol–water partition coefficient (Wildman–Crippen LogP) is 1.41. The van der Waals surface area contributed by atoms with E-state index >= 15 is 0 Å². The van der Waals surface area contributed by atoms with Crippen molar-refractivity contribution >= 4 is 17.0 Å². The second kappa shape index (κ2) is 1.73. The van der Waals surface area contributed by atoms with Gasteiger partial charge >= 0.3 is 0 Å². The third-order valence-corrected chi connectivity index (χ3v) is 1.31. The van der Waals surface area contributed by atoms with Crippen LogP contribution in [0.15, 0.2) is 28.8 Å². The SMILES string of the molecule is Nc1cc2cccnc2o1. The fraction of sp³-hybridized carbons (Fsp3) is 0. The van der Waals surface area contributed by atoms with Gasteiger partial charge in [-0.15, -0.1) is 0 Å². The number of anilines is 1. The van der Waals surface area contributed by atoms with E-state index in [0.29, 0.717) is 11.6 Å². The molecule has 2 aromatic rings. The van der Waals surface area contributed by atoms with E-state index in [0.717, 1.165) is 5.39 Å². The molecule has 2 heterocycles. The molecule has 10 heavy (non-hydrogen) atoms. The van der Waals surface area contributed by atoms with Gasteiger partial charge in [-0.25, -0.2) is 4.98 Å². The summed E-state index contributed by atoms with van der Waals surface area (Å²) in [6.07, 6.45) is 1.67. The fourth-order valence-electron chi connectivity index (χ4n) is 0.893. The van der Waals surface area contributed by atoms with Gasteiger partial charge in [0.1, 0.15) is 0 Å². The van der Waals surface area contributed by atoms with Crippen molar-refractivity contribution in [1.29, 1.82) is 0 Å². The molecule has 0 radical (unpaired) electrons. The molecule has 0 unspecified atom stereocenters. The summed E-state index contributed by atoms with van der Waals surface area (Å²) in [5.41, 5.74) is 5.98. The van der Waals surface area contributed by atoms with Gasteiger partial charge in [-0.2, -0.15) is 0 Å². The summed E-state index contributed by atoms with van der Waals surface area (Å²) in [7, 11) is 0. The normalized spacial score (nSPS) is 10.4. The largest absolute Gasteiger partial charge is 0.423 e. The molecule has 0 saturated heterocycles. The van der Waals surface area contributed by atoms with Crippen molar-refractivity contribution in [2.45, 2.75) is 0 Å². The zero-order valence-electron chi connectivity index (χ0n) is 5.24. The van der Waals surface area contributed by atoms with E-state index in [2.05, 4.69) is 4.98 Å². The van der Waals surface area contributed by atoms with Gasteiger partial charge in [0.2, 0.25) is 5.71 Å². The zero-order chi connectivity index (χ0) is 6.97. The molecule has 2 N–H and O–H groups in total. The molecule has 2 aromatic heterocycles. The molecule has 0 bridgehead atoms. The van der Waals surface area contributed by atoms with Crippen molar-refractivity contribution in [3.8, 4) is 0 Å². The summed E-state index contributed by atoms with van der Waals surface area (Å²) in [5, 5.41) is 0.944. The minimum atomic E-state index is 0.411. The van der Waals surface area contributed by atoms with Gasteiger partial charge in [-0.1, -0.05) is 0 Å². The zero-order valence-corrected chi connectivity index (χ0v) is 5.24. The van der Waals surface area contributed by atoms with Gasteiger partial charge in [-0.05, 0) is 12.1 Å². The van der Waals surface area contributed by atoms with Crippen molar-refractivity contribution in [3.05, 3.63) is 24.4 Å². The minimum Gasteiger partial charge on any atom is -0.423 e. The first-order valence-corrected chi connectivity index (χ1v) is 2.96. The number of furan rings is 1. The summed E-state index contributed by atoms with van der Waals surface area (Å²) >= 11 is 0. The molecular weight excluding hydrogens is 128 g/mol. The Kier molecular flexibility index (Phi) is 0.917. The highest BCUT2D eigenvalue weighted by molar-refractivity contribution is 5.76. The number of hydrogen-bond acceptors (Lipinski definition) is 3.